The molecule has 0 bridgehead atoms. The predicted molar refractivity (Wildman–Crippen MR) is 102 cm³/mol. The van der Waals surface area contributed by atoms with Gasteiger partial charge in [0.05, 0.1) is 16.6 Å². The van der Waals surface area contributed by atoms with E-state index in [-0.39, 0.29) is 16.7 Å². The van der Waals surface area contributed by atoms with Crippen molar-refractivity contribution < 1.29 is 14.5 Å². The van der Waals surface area contributed by atoms with Crippen molar-refractivity contribution in [3.63, 3.8) is 0 Å². The summed E-state index contributed by atoms with van der Waals surface area (Å²) in [6.07, 6.45) is 2.59. The van der Waals surface area contributed by atoms with Gasteiger partial charge in [-0.25, -0.2) is 4.79 Å². The van der Waals surface area contributed by atoms with E-state index in [9.17, 15) is 14.9 Å². The van der Waals surface area contributed by atoms with Gasteiger partial charge in [0.2, 0.25) is 0 Å². The maximum Gasteiger partial charge on any atom is 0.407 e. The van der Waals surface area contributed by atoms with Gasteiger partial charge in [0.1, 0.15) is 11.3 Å². The number of hydrogen-bond donors (Lipinski definition) is 1. The zero-order valence-corrected chi connectivity index (χ0v) is 16.1. The average molecular weight is 375 g/mol. The number of nitrogens with zero attached hydrogens (tertiary/aromatic N) is 4. The molecule has 2 heterocycles. The van der Waals surface area contributed by atoms with E-state index >= 15 is 0 Å². The van der Waals surface area contributed by atoms with Crippen LogP contribution in [0.15, 0.2) is 18.3 Å². The third-order valence-corrected chi connectivity index (χ3v) is 4.60. The maximum atomic E-state index is 11.9. The molecule has 0 spiro atoms. The Kier molecular flexibility index (Phi) is 4.95. The predicted octanol–water partition coefficient (Wildman–Crippen LogP) is 2.98. The lowest BCUT2D eigenvalue weighted by Crippen LogP contribution is -2.46. The normalized spacial score (nSPS) is 15.8. The Balaban J connectivity index is 1.72. The van der Waals surface area contributed by atoms with Crippen LogP contribution in [0.4, 0.5) is 16.2 Å². The number of aryl methyl sites for hydroxylation is 1. The molecule has 0 aliphatic carbocycles. The lowest BCUT2D eigenvalue weighted by molar-refractivity contribution is -0.384. The Labute approximate surface area is 157 Å². The Morgan fingerprint density at radius 1 is 1.33 bits per heavy atom. The standard InChI is InChI=1S/C18H25N5O4/c1-18(2,3)27-17(24)20-13-5-7-22(8-6-13)15-10-14-12(11-19-21(14)4)9-16(15)23(25)26/h9-11,13H,5-8H2,1-4H3,(H,20,24). The highest BCUT2D eigenvalue weighted by molar-refractivity contribution is 5.88. The number of nitro groups is 1. The molecule has 0 atom stereocenters. The molecule has 9 nitrogen and oxygen atoms in total. The van der Waals surface area contributed by atoms with Crippen LogP contribution >= 0.6 is 0 Å². The number of nitro benzene ring substituents is 1. The lowest BCUT2D eigenvalue weighted by Gasteiger charge is -2.34. The number of carbonyl (C=O) groups is 1. The molecular weight excluding hydrogens is 350 g/mol. The highest BCUT2D eigenvalue weighted by Crippen LogP contribution is 2.34. The molecule has 146 valence electrons. The zero-order valence-electron chi connectivity index (χ0n) is 16.1. The van der Waals surface area contributed by atoms with Crippen LogP contribution in [0.1, 0.15) is 33.6 Å². The van der Waals surface area contributed by atoms with E-state index in [1.807, 2.05) is 38.8 Å². The highest BCUT2D eigenvalue weighted by Gasteiger charge is 2.27. The Morgan fingerprint density at radius 3 is 2.59 bits per heavy atom. The van der Waals surface area contributed by atoms with Crippen LogP contribution in [0.3, 0.4) is 0 Å². The summed E-state index contributed by atoms with van der Waals surface area (Å²) in [5.41, 5.74) is 0.981. The molecule has 1 amide bonds. The molecule has 9 heteroatoms. The Bertz CT molecular complexity index is 862. The molecule has 1 fully saturated rings. The average Bonchev–Trinajstić information content (AvgIpc) is 2.93. The van der Waals surface area contributed by atoms with Gasteiger partial charge in [-0.2, -0.15) is 5.10 Å². The number of fused-ring (bicyclic) bond motifs is 1. The number of ether oxygens (including phenoxy) is 1. The molecule has 1 saturated heterocycles. The van der Waals surface area contributed by atoms with Gasteiger partial charge in [0, 0.05) is 37.6 Å². The molecule has 1 aromatic heterocycles. The summed E-state index contributed by atoms with van der Waals surface area (Å²) in [6, 6.07) is 3.39. The minimum atomic E-state index is -0.538. The number of carbonyl (C=O) groups excluding carboxylic acids is 1. The molecule has 1 aliphatic heterocycles. The minimum absolute atomic E-state index is 0.00408. The van der Waals surface area contributed by atoms with E-state index in [1.165, 1.54) is 0 Å². The number of amides is 1. The van der Waals surface area contributed by atoms with Gasteiger partial charge in [-0.1, -0.05) is 0 Å². The van der Waals surface area contributed by atoms with Crippen molar-refractivity contribution >= 4 is 28.4 Å². The summed E-state index contributed by atoms with van der Waals surface area (Å²) in [5, 5.41) is 19.3. The van der Waals surface area contributed by atoms with Crippen molar-refractivity contribution in [3.05, 3.63) is 28.4 Å². The van der Waals surface area contributed by atoms with Crippen LogP contribution in [0, 0.1) is 10.1 Å². The topological polar surface area (TPSA) is 103 Å². The number of hydrogen-bond acceptors (Lipinski definition) is 6. The van der Waals surface area contributed by atoms with Gasteiger partial charge in [-0.3, -0.25) is 14.8 Å². The number of nitrogens with one attached hydrogen (secondary N) is 1. The molecule has 27 heavy (non-hydrogen) atoms. The number of rotatable bonds is 3. The molecule has 0 saturated carbocycles. The van der Waals surface area contributed by atoms with Crippen molar-refractivity contribution in [2.75, 3.05) is 18.0 Å². The first-order valence-electron chi connectivity index (χ1n) is 8.98. The van der Waals surface area contributed by atoms with Crippen LogP contribution in [0.2, 0.25) is 0 Å². The largest absolute Gasteiger partial charge is 0.444 e. The summed E-state index contributed by atoms with van der Waals surface area (Å²) >= 11 is 0. The summed E-state index contributed by atoms with van der Waals surface area (Å²) in [4.78, 5) is 25.1. The van der Waals surface area contributed by atoms with E-state index in [2.05, 4.69) is 10.4 Å². The first-order valence-corrected chi connectivity index (χ1v) is 8.98. The fourth-order valence-electron chi connectivity index (χ4n) is 3.32. The van der Waals surface area contributed by atoms with Crippen molar-refractivity contribution in [2.24, 2.45) is 7.05 Å². The second-order valence-corrected chi connectivity index (χ2v) is 7.83. The SMILES string of the molecule is Cn1ncc2cc([N+](=O)[O-])c(N3CCC(NC(=O)OC(C)(C)C)CC3)cc21. The summed E-state index contributed by atoms with van der Waals surface area (Å²) in [6.45, 7) is 6.70. The molecular formula is C18H25N5O4. The molecule has 2 aromatic rings. The number of anilines is 1. The van der Waals surface area contributed by atoms with Crippen molar-refractivity contribution in [1.82, 2.24) is 15.1 Å². The van der Waals surface area contributed by atoms with Gasteiger partial charge in [0.25, 0.3) is 5.69 Å². The fourth-order valence-corrected chi connectivity index (χ4v) is 3.32. The van der Waals surface area contributed by atoms with Crippen LogP contribution in [0.5, 0.6) is 0 Å². The first-order chi connectivity index (χ1) is 12.6. The van der Waals surface area contributed by atoms with E-state index < -0.39 is 11.7 Å². The number of aromatic nitrogens is 2. The quantitative estimate of drug-likeness (QED) is 0.653. The third kappa shape index (κ3) is 4.29. The molecule has 1 aliphatic rings. The monoisotopic (exact) mass is 375 g/mol. The second-order valence-electron chi connectivity index (χ2n) is 7.83. The van der Waals surface area contributed by atoms with Crippen molar-refractivity contribution in [1.29, 1.82) is 0 Å². The number of alkyl carbamates (subject to hydrolysis) is 1. The second kappa shape index (κ2) is 7.05. The van der Waals surface area contributed by atoms with Crippen molar-refractivity contribution in [2.45, 2.75) is 45.3 Å². The minimum Gasteiger partial charge on any atom is -0.444 e. The summed E-state index contributed by atoms with van der Waals surface area (Å²) < 4.78 is 7.00. The van der Waals surface area contributed by atoms with Gasteiger partial charge < -0.3 is 15.0 Å². The molecule has 1 N–H and O–H groups in total. The Hall–Kier alpha value is -2.84. The third-order valence-electron chi connectivity index (χ3n) is 4.60. The van der Waals surface area contributed by atoms with Crippen LogP contribution in [-0.4, -0.2) is 45.5 Å². The van der Waals surface area contributed by atoms with E-state index in [1.54, 1.807) is 16.9 Å². The van der Waals surface area contributed by atoms with E-state index in [4.69, 9.17) is 4.74 Å². The molecule has 3 rings (SSSR count). The molecule has 1 aromatic carbocycles. The Morgan fingerprint density at radius 2 is 2.00 bits per heavy atom. The van der Waals surface area contributed by atoms with E-state index in [0.717, 1.165) is 10.9 Å². The van der Waals surface area contributed by atoms with E-state index in [0.29, 0.717) is 31.6 Å². The lowest BCUT2D eigenvalue weighted by atomic mass is 10.0. The highest BCUT2D eigenvalue weighted by atomic mass is 16.6. The smallest absolute Gasteiger partial charge is 0.407 e. The van der Waals surface area contributed by atoms with Crippen LogP contribution < -0.4 is 10.2 Å². The van der Waals surface area contributed by atoms with Gasteiger partial charge in [0.15, 0.2) is 0 Å². The molecule has 0 unspecified atom stereocenters. The molecule has 0 radical (unpaired) electrons. The van der Waals surface area contributed by atoms with Crippen LogP contribution in [0.25, 0.3) is 10.9 Å². The number of piperidine rings is 1. The van der Waals surface area contributed by atoms with Gasteiger partial charge in [-0.05, 0) is 39.7 Å². The summed E-state index contributed by atoms with van der Waals surface area (Å²) in [5.74, 6) is 0. The van der Waals surface area contributed by atoms with Crippen molar-refractivity contribution in [3.8, 4) is 0 Å². The van der Waals surface area contributed by atoms with Gasteiger partial charge >= 0.3 is 6.09 Å². The first kappa shape index (κ1) is 18.9. The zero-order chi connectivity index (χ0) is 19.8. The fraction of sp³-hybridized carbons (Fsp3) is 0.556. The van der Waals surface area contributed by atoms with Crippen LogP contribution in [-0.2, 0) is 11.8 Å². The summed E-state index contributed by atoms with van der Waals surface area (Å²) in [7, 11) is 1.81. The maximum absolute atomic E-state index is 11.9. The number of benzene rings is 1. The van der Waals surface area contributed by atoms with Gasteiger partial charge in [-0.15, -0.1) is 0 Å².